The number of nitrogens with one attached hydrogen (secondary N) is 1. The summed E-state index contributed by atoms with van der Waals surface area (Å²) in [6, 6.07) is 0.242. The van der Waals surface area contributed by atoms with Gasteiger partial charge in [0.1, 0.15) is 0 Å². The second-order valence-electron chi connectivity index (χ2n) is 5.39. The van der Waals surface area contributed by atoms with Crippen molar-refractivity contribution in [2.24, 2.45) is 10.7 Å². The Labute approximate surface area is 140 Å². The number of carbonyl (C=O) groups excluding carboxylic acids is 1. The van der Waals surface area contributed by atoms with Gasteiger partial charge in [-0.1, -0.05) is 6.92 Å². The molecule has 2 heterocycles. The van der Waals surface area contributed by atoms with E-state index in [0.717, 1.165) is 30.0 Å². The molecule has 1 amide bonds. The number of rotatable bonds is 5. The standard InChI is InChI=1S/C15H25N5O2S/c1-3-13-18-12(10-23-13)9-17-14(16)19-11-5-7-20(8-6-11)15(21)22-4-2/h10-11H,3-9H2,1-2H3,(H3,16,17,19). The van der Waals surface area contributed by atoms with E-state index in [9.17, 15) is 4.79 Å². The number of hydrogen-bond acceptors (Lipinski definition) is 5. The van der Waals surface area contributed by atoms with Crippen molar-refractivity contribution in [3.05, 3.63) is 16.1 Å². The summed E-state index contributed by atoms with van der Waals surface area (Å²) < 4.78 is 5.01. The first kappa shape index (κ1) is 17.5. The highest BCUT2D eigenvalue weighted by atomic mass is 32.1. The molecule has 1 aliphatic heterocycles. The zero-order valence-corrected chi connectivity index (χ0v) is 14.6. The van der Waals surface area contributed by atoms with E-state index in [4.69, 9.17) is 10.5 Å². The summed E-state index contributed by atoms with van der Waals surface area (Å²) in [6.45, 7) is 6.16. The van der Waals surface area contributed by atoms with Crippen LogP contribution in [0.3, 0.4) is 0 Å². The molecule has 1 aromatic heterocycles. The van der Waals surface area contributed by atoms with Gasteiger partial charge in [0, 0.05) is 24.5 Å². The Morgan fingerprint density at radius 1 is 1.52 bits per heavy atom. The fraction of sp³-hybridized carbons (Fsp3) is 0.667. The first-order valence-corrected chi connectivity index (χ1v) is 8.91. The number of nitrogens with two attached hydrogens (primary N) is 1. The van der Waals surface area contributed by atoms with Crippen molar-refractivity contribution in [2.45, 2.75) is 45.7 Å². The summed E-state index contributed by atoms with van der Waals surface area (Å²) in [6.07, 6.45) is 2.39. The Morgan fingerprint density at radius 3 is 2.87 bits per heavy atom. The zero-order chi connectivity index (χ0) is 16.7. The summed E-state index contributed by atoms with van der Waals surface area (Å²) in [5, 5.41) is 6.37. The summed E-state index contributed by atoms with van der Waals surface area (Å²) in [7, 11) is 0. The molecular weight excluding hydrogens is 314 g/mol. The molecule has 1 saturated heterocycles. The molecule has 0 aromatic carbocycles. The van der Waals surface area contributed by atoms with Gasteiger partial charge in [0.15, 0.2) is 5.96 Å². The van der Waals surface area contributed by atoms with Crippen LogP contribution >= 0.6 is 11.3 Å². The smallest absolute Gasteiger partial charge is 0.409 e. The Balaban J connectivity index is 1.74. The number of amides is 1. The normalized spacial score (nSPS) is 16.4. The van der Waals surface area contributed by atoms with Crippen molar-refractivity contribution < 1.29 is 9.53 Å². The second-order valence-corrected chi connectivity index (χ2v) is 6.33. The van der Waals surface area contributed by atoms with Crippen LogP contribution in [0, 0.1) is 0 Å². The number of guanidine groups is 1. The quantitative estimate of drug-likeness (QED) is 0.629. The molecule has 128 valence electrons. The average molecular weight is 339 g/mol. The third-order valence-electron chi connectivity index (χ3n) is 3.69. The molecule has 2 rings (SSSR count). The fourth-order valence-electron chi connectivity index (χ4n) is 2.43. The maximum Gasteiger partial charge on any atom is 0.409 e. The highest BCUT2D eigenvalue weighted by molar-refractivity contribution is 7.09. The van der Waals surface area contributed by atoms with E-state index in [1.807, 2.05) is 12.3 Å². The molecule has 0 atom stereocenters. The van der Waals surface area contributed by atoms with E-state index in [1.54, 1.807) is 16.2 Å². The second kappa shape index (κ2) is 8.71. The number of aromatic nitrogens is 1. The van der Waals surface area contributed by atoms with Gasteiger partial charge in [-0.15, -0.1) is 11.3 Å². The predicted molar refractivity (Wildman–Crippen MR) is 91.6 cm³/mol. The van der Waals surface area contributed by atoms with Gasteiger partial charge in [-0.2, -0.15) is 0 Å². The van der Waals surface area contributed by atoms with E-state index in [2.05, 4.69) is 22.2 Å². The maximum atomic E-state index is 11.6. The lowest BCUT2D eigenvalue weighted by molar-refractivity contribution is 0.0963. The molecule has 0 unspecified atom stereocenters. The summed E-state index contributed by atoms with van der Waals surface area (Å²) >= 11 is 1.65. The third-order valence-corrected chi connectivity index (χ3v) is 4.73. The van der Waals surface area contributed by atoms with Crippen LogP contribution in [-0.4, -0.2) is 47.7 Å². The zero-order valence-electron chi connectivity index (χ0n) is 13.7. The van der Waals surface area contributed by atoms with E-state index >= 15 is 0 Å². The molecule has 3 N–H and O–H groups in total. The van der Waals surface area contributed by atoms with Gasteiger partial charge in [0.25, 0.3) is 0 Å². The Morgan fingerprint density at radius 2 is 2.26 bits per heavy atom. The first-order chi connectivity index (χ1) is 11.1. The molecule has 23 heavy (non-hydrogen) atoms. The number of hydrogen-bond donors (Lipinski definition) is 2. The van der Waals surface area contributed by atoms with E-state index in [1.165, 1.54) is 0 Å². The number of aryl methyl sites for hydroxylation is 1. The average Bonchev–Trinajstić information content (AvgIpc) is 3.02. The molecule has 0 radical (unpaired) electrons. The maximum absolute atomic E-state index is 11.6. The number of carbonyl (C=O) groups is 1. The molecule has 1 fully saturated rings. The van der Waals surface area contributed by atoms with Gasteiger partial charge in [0.2, 0.25) is 0 Å². The molecule has 0 aliphatic carbocycles. The van der Waals surface area contributed by atoms with Crippen molar-refractivity contribution >= 4 is 23.4 Å². The first-order valence-electron chi connectivity index (χ1n) is 8.03. The van der Waals surface area contributed by atoms with Gasteiger partial charge in [0.05, 0.1) is 23.9 Å². The largest absolute Gasteiger partial charge is 0.450 e. The predicted octanol–water partition coefficient (Wildman–Crippen LogP) is 1.73. The number of ether oxygens (including phenoxy) is 1. The number of likely N-dealkylation sites (tertiary alicyclic amines) is 1. The number of piperidine rings is 1. The van der Waals surface area contributed by atoms with E-state index in [0.29, 0.717) is 32.2 Å². The summed E-state index contributed by atoms with van der Waals surface area (Å²) in [4.78, 5) is 22.2. The molecular formula is C15H25N5O2S. The molecule has 0 saturated carbocycles. The molecule has 7 nitrogen and oxygen atoms in total. The van der Waals surface area contributed by atoms with Crippen LogP contribution in [0.15, 0.2) is 10.4 Å². The lowest BCUT2D eigenvalue weighted by Gasteiger charge is -2.31. The van der Waals surface area contributed by atoms with Crippen molar-refractivity contribution in [2.75, 3.05) is 19.7 Å². The molecule has 1 aromatic rings. The minimum Gasteiger partial charge on any atom is -0.450 e. The fourth-order valence-corrected chi connectivity index (χ4v) is 3.16. The lowest BCUT2D eigenvalue weighted by Crippen LogP contribution is -2.48. The van der Waals surface area contributed by atoms with Gasteiger partial charge in [-0.25, -0.2) is 14.8 Å². The molecule has 8 heteroatoms. The summed E-state index contributed by atoms with van der Waals surface area (Å²) in [5.41, 5.74) is 6.90. The number of thiazole rings is 1. The van der Waals surface area contributed by atoms with Gasteiger partial charge >= 0.3 is 6.09 Å². The number of nitrogens with zero attached hydrogens (tertiary/aromatic N) is 3. The SMILES string of the molecule is CCOC(=O)N1CCC(NC(N)=NCc2csc(CC)n2)CC1. The van der Waals surface area contributed by atoms with Crippen LogP contribution < -0.4 is 11.1 Å². The van der Waals surface area contributed by atoms with Crippen molar-refractivity contribution in [1.82, 2.24) is 15.2 Å². The van der Waals surface area contributed by atoms with Crippen molar-refractivity contribution in [3.63, 3.8) is 0 Å². The van der Waals surface area contributed by atoms with Crippen LogP contribution in [0.5, 0.6) is 0 Å². The van der Waals surface area contributed by atoms with E-state index < -0.39 is 0 Å². The van der Waals surface area contributed by atoms with Crippen LogP contribution in [-0.2, 0) is 17.7 Å². The minimum absolute atomic E-state index is 0.233. The lowest BCUT2D eigenvalue weighted by atomic mass is 10.1. The molecule has 0 bridgehead atoms. The summed E-state index contributed by atoms with van der Waals surface area (Å²) in [5.74, 6) is 0.436. The highest BCUT2D eigenvalue weighted by Gasteiger charge is 2.23. The van der Waals surface area contributed by atoms with Crippen LogP contribution in [0.1, 0.15) is 37.4 Å². The Bertz CT molecular complexity index is 538. The Kier molecular flexibility index (Phi) is 6.64. The molecule has 0 spiro atoms. The Hall–Kier alpha value is -1.83. The van der Waals surface area contributed by atoms with Crippen LogP contribution in [0.2, 0.25) is 0 Å². The van der Waals surface area contributed by atoms with Crippen molar-refractivity contribution in [1.29, 1.82) is 0 Å². The number of aliphatic imine (C=N–C) groups is 1. The van der Waals surface area contributed by atoms with Crippen LogP contribution in [0.25, 0.3) is 0 Å². The topological polar surface area (TPSA) is 92.8 Å². The van der Waals surface area contributed by atoms with E-state index in [-0.39, 0.29) is 12.1 Å². The van der Waals surface area contributed by atoms with Crippen molar-refractivity contribution in [3.8, 4) is 0 Å². The van der Waals surface area contributed by atoms with Gasteiger partial charge < -0.3 is 20.7 Å². The van der Waals surface area contributed by atoms with Crippen LogP contribution in [0.4, 0.5) is 4.79 Å². The highest BCUT2D eigenvalue weighted by Crippen LogP contribution is 2.12. The monoisotopic (exact) mass is 339 g/mol. The third kappa shape index (κ3) is 5.38. The minimum atomic E-state index is -0.233. The molecule has 1 aliphatic rings. The van der Waals surface area contributed by atoms with Gasteiger partial charge in [-0.05, 0) is 26.2 Å². The van der Waals surface area contributed by atoms with Gasteiger partial charge in [-0.3, -0.25) is 0 Å².